The van der Waals surface area contributed by atoms with E-state index in [9.17, 15) is 9.59 Å². The zero-order chi connectivity index (χ0) is 8.69. The lowest BCUT2D eigenvalue weighted by Gasteiger charge is -2.11. The Kier molecular flexibility index (Phi) is 5.37. The predicted octanol–water partition coefficient (Wildman–Crippen LogP) is -0.353. The number of hydrogen-bond acceptors (Lipinski definition) is 3. The van der Waals surface area contributed by atoms with Gasteiger partial charge in [0.2, 0.25) is 12.3 Å². The maximum Gasteiger partial charge on any atom is 0.243 e. The number of hydrogen-bond donors (Lipinski definition) is 2. The fourth-order valence-corrected chi connectivity index (χ4v) is 0.854. The Bertz CT molecular complexity index is 136. The molecule has 0 bridgehead atoms. The summed E-state index contributed by atoms with van der Waals surface area (Å²) < 4.78 is 0. The molecule has 0 rings (SSSR count). The predicted molar refractivity (Wildman–Crippen MR) is 42.0 cm³/mol. The first kappa shape index (κ1) is 10.1. The van der Waals surface area contributed by atoms with Gasteiger partial charge in [0.05, 0.1) is 6.04 Å². The van der Waals surface area contributed by atoms with Gasteiger partial charge >= 0.3 is 0 Å². The van der Waals surface area contributed by atoms with Crippen LogP contribution in [0.15, 0.2) is 0 Å². The molecule has 1 atom stereocenters. The molecule has 1 unspecified atom stereocenters. The molecule has 64 valence electrons. The zero-order valence-electron chi connectivity index (χ0n) is 6.89. The van der Waals surface area contributed by atoms with E-state index in [0.29, 0.717) is 6.41 Å². The molecule has 4 heteroatoms. The molecule has 2 N–H and O–H groups in total. The summed E-state index contributed by atoms with van der Waals surface area (Å²) in [6, 6.07) is -0.245. The van der Waals surface area contributed by atoms with Crippen LogP contribution in [0.3, 0.4) is 0 Å². The van der Waals surface area contributed by atoms with Gasteiger partial charge in [-0.25, -0.2) is 0 Å². The van der Waals surface area contributed by atoms with E-state index in [4.69, 9.17) is 0 Å². The first-order valence-electron chi connectivity index (χ1n) is 3.67. The van der Waals surface area contributed by atoms with Gasteiger partial charge in [-0.3, -0.25) is 14.9 Å². The van der Waals surface area contributed by atoms with Crippen LogP contribution in [-0.4, -0.2) is 25.4 Å². The summed E-state index contributed by atoms with van der Waals surface area (Å²) in [4.78, 5) is 20.8. The lowest BCUT2D eigenvalue weighted by atomic mass is 10.1. The second-order valence-electron chi connectivity index (χ2n) is 2.26. The molecule has 0 aromatic rings. The summed E-state index contributed by atoms with van der Waals surface area (Å²) in [5, 5.41) is 4.92. The van der Waals surface area contributed by atoms with Gasteiger partial charge in [-0.15, -0.1) is 0 Å². The van der Waals surface area contributed by atoms with Crippen LogP contribution in [0, 0.1) is 0 Å². The third kappa shape index (κ3) is 3.72. The van der Waals surface area contributed by atoms with Crippen LogP contribution in [-0.2, 0) is 9.59 Å². The fraction of sp³-hybridized carbons (Fsp3) is 0.714. The van der Waals surface area contributed by atoms with E-state index >= 15 is 0 Å². The Morgan fingerprint density at radius 3 is 2.64 bits per heavy atom. The van der Waals surface area contributed by atoms with E-state index in [1.807, 2.05) is 6.92 Å². The van der Waals surface area contributed by atoms with Crippen LogP contribution >= 0.6 is 0 Å². The molecule has 0 saturated carbocycles. The largest absolute Gasteiger partial charge is 0.309 e. The Morgan fingerprint density at radius 2 is 2.27 bits per heavy atom. The van der Waals surface area contributed by atoms with Crippen molar-refractivity contribution >= 4 is 12.3 Å². The third-order valence-corrected chi connectivity index (χ3v) is 1.44. The highest BCUT2D eigenvalue weighted by Gasteiger charge is 2.13. The third-order valence-electron chi connectivity index (χ3n) is 1.44. The summed E-state index contributed by atoms with van der Waals surface area (Å²) >= 11 is 0. The Morgan fingerprint density at radius 1 is 1.64 bits per heavy atom. The maximum absolute atomic E-state index is 11.0. The number of likely N-dealkylation sites (N-methyl/N-ethyl adjacent to an activating group) is 1. The summed E-state index contributed by atoms with van der Waals surface area (Å²) in [7, 11) is 1.70. The highest BCUT2D eigenvalue weighted by molar-refractivity contribution is 5.89. The van der Waals surface area contributed by atoms with Crippen molar-refractivity contribution in [1.82, 2.24) is 10.6 Å². The second kappa shape index (κ2) is 5.85. The molecule has 4 nitrogen and oxygen atoms in total. The van der Waals surface area contributed by atoms with Crippen LogP contribution in [0.2, 0.25) is 0 Å². The van der Waals surface area contributed by atoms with Crippen molar-refractivity contribution in [2.75, 3.05) is 7.05 Å². The van der Waals surface area contributed by atoms with Crippen molar-refractivity contribution in [1.29, 1.82) is 0 Å². The minimum atomic E-state index is -0.260. The van der Waals surface area contributed by atoms with Crippen LogP contribution in [0.4, 0.5) is 0 Å². The van der Waals surface area contributed by atoms with Crippen molar-refractivity contribution < 1.29 is 9.59 Å². The van der Waals surface area contributed by atoms with E-state index in [0.717, 1.165) is 12.8 Å². The minimum absolute atomic E-state index is 0.245. The summed E-state index contributed by atoms with van der Waals surface area (Å²) in [5.74, 6) is -0.260. The second-order valence-corrected chi connectivity index (χ2v) is 2.26. The number of nitrogens with one attached hydrogen (secondary N) is 2. The zero-order valence-corrected chi connectivity index (χ0v) is 6.89. The summed E-state index contributed by atoms with van der Waals surface area (Å²) in [6.07, 6.45) is 2.07. The number of rotatable bonds is 5. The normalized spacial score (nSPS) is 12.2. The average Bonchev–Trinajstić information content (AvgIpc) is 2.00. The Hall–Kier alpha value is -0.900. The topological polar surface area (TPSA) is 58.2 Å². The van der Waals surface area contributed by atoms with Crippen LogP contribution in [0.5, 0.6) is 0 Å². The molecule has 0 radical (unpaired) electrons. The molecule has 0 aromatic carbocycles. The molecule has 0 aliphatic heterocycles. The molecule has 2 amide bonds. The fourth-order valence-electron chi connectivity index (χ4n) is 0.854. The smallest absolute Gasteiger partial charge is 0.243 e. The van der Waals surface area contributed by atoms with Gasteiger partial charge in [0.25, 0.3) is 0 Å². The summed E-state index contributed by atoms with van der Waals surface area (Å²) in [5.41, 5.74) is 0. The Labute approximate surface area is 66.4 Å². The van der Waals surface area contributed by atoms with Gasteiger partial charge in [-0.1, -0.05) is 13.3 Å². The molecule has 0 aliphatic rings. The summed E-state index contributed by atoms with van der Waals surface area (Å²) in [6.45, 7) is 1.98. The van der Waals surface area contributed by atoms with E-state index in [1.165, 1.54) is 0 Å². The van der Waals surface area contributed by atoms with Crippen LogP contribution < -0.4 is 10.6 Å². The van der Waals surface area contributed by atoms with Gasteiger partial charge in [0.1, 0.15) is 0 Å². The number of carbonyl (C=O) groups excluding carboxylic acids is 2. The van der Waals surface area contributed by atoms with Crippen molar-refractivity contribution in [2.45, 2.75) is 25.8 Å². The molecule has 0 saturated heterocycles. The quantitative estimate of drug-likeness (QED) is 0.537. The number of imide groups is 1. The lowest BCUT2D eigenvalue weighted by molar-refractivity contribution is -0.126. The monoisotopic (exact) mass is 158 g/mol. The molecule has 0 spiro atoms. The van der Waals surface area contributed by atoms with Crippen LogP contribution in [0.1, 0.15) is 19.8 Å². The molecular formula is C7H14N2O2. The first-order valence-corrected chi connectivity index (χ1v) is 3.67. The number of carbonyl (C=O) groups is 2. The van der Waals surface area contributed by atoms with Gasteiger partial charge in [0.15, 0.2) is 0 Å². The molecular weight excluding hydrogens is 144 g/mol. The van der Waals surface area contributed by atoms with Gasteiger partial charge in [-0.2, -0.15) is 0 Å². The van der Waals surface area contributed by atoms with E-state index < -0.39 is 0 Å². The van der Waals surface area contributed by atoms with Crippen molar-refractivity contribution in [3.8, 4) is 0 Å². The highest BCUT2D eigenvalue weighted by Crippen LogP contribution is 1.94. The highest BCUT2D eigenvalue weighted by atomic mass is 16.2. The molecule has 0 aromatic heterocycles. The standard InChI is InChI=1S/C7H14N2O2/c1-3-4-6(8-2)7(11)9-5-10/h5-6,8H,3-4H2,1-2H3,(H,9,10,11). The Balaban J connectivity index is 3.80. The molecule has 0 aliphatic carbocycles. The number of amides is 2. The molecule has 0 fully saturated rings. The van der Waals surface area contributed by atoms with Crippen molar-refractivity contribution in [3.63, 3.8) is 0 Å². The van der Waals surface area contributed by atoms with Gasteiger partial charge in [0, 0.05) is 0 Å². The van der Waals surface area contributed by atoms with Gasteiger partial charge in [-0.05, 0) is 13.5 Å². The SMILES string of the molecule is CCCC(NC)C(=O)NC=O. The van der Waals surface area contributed by atoms with E-state index in [1.54, 1.807) is 7.05 Å². The first-order chi connectivity index (χ1) is 5.26. The lowest BCUT2D eigenvalue weighted by Crippen LogP contribution is -2.41. The van der Waals surface area contributed by atoms with E-state index in [-0.39, 0.29) is 11.9 Å². The van der Waals surface area contributed by atoms with Gasteiger partial charge < -0.3 is 5.32 Å². The maximum atomic E-state index is 11.0. The molecule has 11 heavy (non-hydrogen) atoms. The van der Waals surface area contributed by atoms with Crippen LogP contribution in [0.25, 0.3) is 0 Å². The average molecular weight is 158 g/mol. The minimum Gasteiger partial charge on any atom is -0.309 e. The van der Waals surface area contributed by atoms with E-state index in [2.05, 4.69) is 10.6 Å². The van der Waals surface area contributed by atoms with Crippen molar-refractivity contribution in [3.05, 3.63) is 0 Å². The van der Waals surface area contributed by atoms with Crippen molar-refractivity contribution in [2.24, 2.45) is 0 Å². The molecule has 0 heterocycles.